The van der Waals surface area contributed by atoms with Gasteiger partial charge in [0.1, 0.15) is 0 Å². The Hall–Kier alpha value is -1.65. The Morgan fingerprint density at radius 3 is 2.92 bits per heavy atom. The number of ether oxygens (including phenoxy) is 2. The van der Waals surface area contributed by atoms with Gasteiger partial charge in [-0.05, 0) is 42.6 Å². The average Bonchev–Trinajstić information content (AvgIpc) is 3.13. The predicted octanol–water partition coefficient (Wildman–Crippen LogP) is 4.45. The van der Waals surface area contributed by atoms with Crippen LogP contribution in [0.2, 0.25) is 0 Å². The Bertz CT molecular complexity index is 612. The number of benzene rings is 1. The Balaban J connectivity index is 1.49. The highest BCUT2D eigenvalue weighted by Crippen LogP contribution is 2.55. The third kappa shape index (κ3) is 4.74. The Labute approximate surface area is 156 Å². The van der Waals surface area contributed by atoms with Gasteiger partial charge in [-0.3, -0.25) is 4.79 Å². The largest absolute Gasteiger partial charge is 0.481 e. The summed E-state index contributed by atoms with van der Waals surface area (Å²) < 4.78 is 12.0. The van der Waals surface area contributed by atoms with Gasteiger partial charge in [-0.2, -0.15) is 0 Å². The summed E-state index contributed by atoms with van der Waals surface area (Å²) in [5.74, 6) is 0.306. The third-order valence-electron chi connectivity index (χ3n) is 5.92. The molecule has 1 saturated carbocycles. The minimum Gasteiger partial charge on any atom is -0.481 e. The number of hydrogen-bond donors (Lipinski definition) is 1. The minimum atomic E-state index is -0.716. The van der Waals surface area contributed by atoms with E-state index >= 15 is 0 Å². The quantitative estimate of drug-likeness (QED) is 0.496. The second kappa shape index (κ2) is 8.83. The van der Waals surface area contributed by atoms with Crippen molar-refractivity contribution >= 4 is 5.97 Å². The molecule has 2 bridgehead atoms. The van der Waals surface area contributed by atoms with Crippen LogP contribution in [0.5, 0.6) is 0 Å². The van der Waals surface area contributed by atoms with Crippen LogP contribution in [0.3, 0.4) is 0 Å². The molecule has 2 aliphatic rings. The van der Waals surface area contributed by atoms with E-state index in [1.54, 1.807) is 0 Å². The lowest BCUT2D eigenvalue weighted by atomic mass is 9.75. The molecule has 142 valence electrons. The van der Waals surface area contributed by atoms with Gasteiger partial charge in [0, 0.05) is 12.3 Å². The van der Waals surface area contributed by atoms with E-state index in [1.807, 2.05) is 18.2 Å². The van der Waals surface area contributed by atoms with Crippen molar-refractivity contribution in [2.45, 2.75) is 51.7 Å². The molecule has 4 nitrogen and oxygen atoms in total. The van der Waals surface area contributed by atoms with Crippen LogP contribution in [0.15, 0.2) is 42.5 Å². The van der Waals surface area contributed by atoms with Gasteiger partial charge in [0.05, 0.1) is 25.9 Å². The highest BCUT2D eigenvalue weighted by Gasteiger charge is 2.55. The molecule has 0 radical (unpaired) electrons. The predicted molar refractivity (Wildman–Crippen MR) is 101 cm³/mol. The van der Waals surface area contributed by atoms with Crippen LogP contribution in [-0.2, 0) is 20.9 Å². The fourth-order valence-electron chi connectivity index (χ4n) is 4.49. The van der Waals surface area contributed by atoms with Crippen LogP contribution in [-0.4, -0.2) is 30.4 Å². The van der Waals surface area contributed by atoms with E-state index in [-0.39, 0.29) is 11.8 Å². The van der Waals surface area contributed by atoms with E-state index in [9.17, 15) is 4.79 Å². The van der Waals surface area contributed by atoms with Gasteiger partial charge in [-0.1, -0.05) is 49.4 Å². The molecular formula is C22H30O4. The molecule has 2 fully saturated rings. The maximum Gasteiger partial charge on any atom is 0.303 e. The van der Waals surface area contributed by atoms with Crippen molar-refractivity contribution < 1.29 is 19.4 Å². The molecule has 1 aliphatic carbocycles. The summed E-state index contributed by atoms with van der Waals surface area (Å²) in [7, 11) is 0. The van der Waals surface area contributed by atoms with Crippen molar-refractivity contribution in [3.63, 3.8) is 0 Å². The molecule has 2 unspecified atom stereocenters. The number of aliphatic carboxylic acids is 1. The Morgan fingerprint density at radius 2 is 2.15 bits per heavy atom. The van der Waals surface area contributed by atoms with E-state index in [0.717, 1.165) is 32.5 Å². The zero-order chi connectivity index (χ0) is 18.4. The number of carboxylic acid groups (broad SMARTS) is 1. The molecule has 1 aromatic carbocycles. The van der Waals surface area contributed by atoms with E-state index in [1.165, 1.54) is 5.56 Å². The maximum absolute atomic E-state index is 10.6. The van der Waals surface area contributed by atoms with E-state index < -0.39 is 5.97 Å². The van der Waals surface area contributed by atoms with Crippen LogP contribution < -0.4 is 0 Å². The van der Waals surface area contributed by atoms with Crippen molar-refractivity contribution in [1.82, 2.24) is 0 Å². The van der Waals surface area contributed by atoms with Gasteiger partial charge in [0.15, 0.2) is 0 Å². The lowest BCUT2D eigenvalue weighted by Gasteiger charge is -2.36. The summed E-state index contributed by atoms with van der Waals surface area (Å²) in [6.07, 6.45) is 8.66. The van der Waals surface area contributed by atoms with E-state index in [2.05, 4.69) is 31.2 Å². The Morgan fingerprint density at radius 1 is 1.35 bits per heavy atom. The lowest BCUT2D eigenvalue weighted by Crippen LogP contribution is -2.36. The first-order valence-corrected chi connectivity index (χ1v) is 9.68. The first-order valence-electron chi connectivity index (χ1n) is 9.68. The van der Waals surface area contributed by atoms with Crippen LogP contribution in [0.4, 0.5) is 0 Å². The second-order valence-electron chi connectivity index (χ2n) is 7.97. The summed E-state index contributed by atoms with van der Waals surface area (Å²) in [6.45, 7) is 4.59. The van der Waals surface area contributed by atoms with Gasteiger partial charge in [0.2, 0.25) is 0 Å². The van der Waals surface area contributed by atoms with E-state index in [0.29, 0.717) is 31.0 Å². The molecule has 3 rings (SSSR count). The molecule has 4 atom stereocenters. The molecule has 4 heteroatoms. The summed E-state index contributed by atoms with van der Waals surface area (Å²) in [5, 5.41) is 8.70. The molecule has 1 aromatic rings. The van der Waals surface area contributed by atoms with Crippen molar-refractivity contribution in [3.8, 4) is 0 Å². The number of rotatable bonds is 10. The molecule has 0 aromatic heterocycles. The van der Waals surface area contributed by atoms with Gasteiger partial charge in [0.25, 0.3) is 0 Å². The maximum atomic E-state index is 10.6. The van der Waals surface area contributed by atoms with Crippen LogP contribution >= 0.6 is 0 Å². The fourth-order valence-corrected chi connectivity index (χ4v) is 4.49. The summed E-state index contributed by atoms with van der Waals surface area (Å²) in [5.41, 5.74) is 1.45. The highest BCUT2D eigenvalue weighted by atomic mass is 16.5. The first kappa shape index (κ1) is 19.1. The topological polar surface area (TPSA) is 55.8 Å². The van der Waals surface area contributed by atoms with Crippen molar-refractivity contribution in [3.05, 3.63) is 48.0 Å². The van der Waals surface area contributed by atoms with Crippen molar-refractivity contribution in [2.75, 3.05) is 13.2 Å². The number of hydrogen-bond acceptors (Lipinski definition) is 3. The third-order valence-corrected chi connectivity index (χ3v) is 5.92. The van der Waals surface area contributed by atoms with Crippen LogP contribution in [0, 0.1) is 17.3 Å². The van der Waals surface area contributed by atoms with Gasteiger partial charge >= 0.3 is 5.97 Å². The van der Waals surface area contributed by atoms with Crippen LogP contribution in [0.25, 0.3) is 0 Å². The molecule has 0 spiro atoms. The zero-order valence-electron chi connectivity index (χ0n) is 15.6. The number of allylic oxidation sites excluding steroid dienone is 2. The van der Waals surface area contributed by atoms with Gasteiger partial charge in [-0.25, -0.2) is 0 Å². The monoisotopic (exact) mass is 358 g/mol. The minimum absolute atomic E-state index is 0.247. The molecule has 26 heavy (non-hydrogen) atoms. The molecule has 1 heterocycles. The van der Waals surface area contributed by atoms with Crippen molar-refractivity contribution in [2.24, 2.45) is 17.3 Å². The molecule has 1 N–H and O–H groups in total. The standard InChI is InChI=1S/C22H30O4/c1-22-13-20(26-16-22)18(15-25-14-17-9-5-4-6-10-17)19(22)11-7-2-3-8-12-21(23)24/h2,4-7,9-10,18-20H,3,8,11-16H2,1H3,(H,23,24)/b7-2+/t18-,19-,20?,22?/m1/s1. The molecule has 0 amide bonds. The fraction of sp³-hybridized carbons (Fsp3) is 0.591. The first-order chi connectivity index (χ1) is 12.6. The zero-order valence-corrected chi connectivity index (χ0v) is 15.6. The SMILES string of the molecule is CC12COC(C1)[C@H](COCc1ccccc1)[C@H]2C/C=C/CCCC(=O)O. The molecule has 1 saturated heterocycles. The summed E-state index contributed by atoms with van der Waals surface area (Å²) in [4.78, 5) is 10.6. The van der Waals surface area contributed by atoms with Gasteiger partial charge < -0.3 is 14.6 Å². The smallest absolute Gasteiger partial charge is 0.303 e. The number of carboxylic acids is 1. The normalized spacial score (nSPS) is 30.3. The highest BCUT2D eigenvalue weighted by molar-refractivity contribution is 5.66. The molecule has 1 aliphatic heterocycles. The average molecular weight is 358 g/mol. The lowest BCUT2D eigenvalue weighted by molar-refractivity contribution is -0.137. The van der Waals surface area contributed by atoms with Crippen molar-refractivity contribution in [1.29, 1.82) is 0 Å². The van der Waals surface area contributed by atoms with Crippen LogP contribution in [0.1, 0.15) is 44.6 Å². The molecular weight excluding hydrogens is 328 g/mol. The second-order valence-corrected chi connectivity index (χ2v) is 7.97. The van der Waals surface area contributed by atoms with Gasteiger partial charge in [-0.15, -0.1) is 0 Å². The Kier molecular flexibility index (Phi) is 6.49. The number of carbonyl (C=O) groups is 1. The number of fused-ring (bicyclic) bond motifs is 2. The summed E-state index contributed by atoms with van der Waals surface area (Å²) >= 11 is 0. The summed E-state index contributed by atoms with van der Waals surface area (Å²) in [6, 6.07) is 10.3. The number of unbranched alkanes of at least 4 members (excludes halogenated alkanes) is 1. The van der Waals surface area contributed by atoms with E-state index in [4.69, 9.17) is 14.6 Å².